The van der Waals surface area contributed by atoms with E-state index >= 15 is 0 Å². The number of fused-ring (bicyclic) bond motifs is 6. The minimum Gasteiger partial charge on any atom is -0.478 e. The second kappa shape index (κ2) is 10.3. The van der Waals surface area contributed by atoms with Crippen LogP contribution in [0.5, 0.6) is 0 Å². The fourth-order valence-electron chi connectivity index (χ4n) is 5.25. The lowest BCUT2D eigenvalue weighted by molar-refractivity contribution is 0.0696. The second-order valence-corrected chi connectivity index (χ2v) is 11.2. The molecule has 0 unspecified atom stereocenters. The van der Waals surface area contributed by atoms with Crippen molar-refractivity contribution < 1.29 is 22.7 Å². The van der Waals surface area contributed by atoms with Crippen LogP contribution in [0, 0.1) is 22.7 Å². The van der Waals surface area contributed by atoms with Crippen LogP contribution in [0.3, 0.4) is 0 Å². The summed E-state index contributed by atoms with van der Waals surface area (Å²) < 4.78 is 39.0. The van der Waals surface area contributed by atoms with Gasteiger partial charge in [-0.1, -0.05) is 12.1 Å². The number of rotatable bonds is 6. The predicted molar refractivity (Wildman–Crippen MR) is 159 cm³/mol. The van der Waals surface area contributed by atoms with Crippen LogP contribution in [0.25, 0.3) is 38.6 Å². The first-order valence-corrected chi connectivity index (χ1v) is 14.7. The average molecular weight is 591 g/mol. The third-order valence-corrected chi connectivity index (χ3v) is 8.61. The van der Waals surface area contributed by atoms with Crippen molar-refractivity contribution in [2.24, 2.45) is 4.40 Å². The van der Waals surface area contributed by atoms with Crippen LogP contribution in [0.15, 0.2) is 80.4 Å². The summed E-state index contributed by atoms with van der Waals surface area (Å²) in [5, 5.41) is 30.8. The number of carboxylic acids is 1. The maximum Gasteiger partial charge on any atom is 0.335 e. The van der Waals surface area contributed by atoms with Crippen LogP contribution in [0.1, 0.15) is 35.3 Å². The summed E-state index contributed by atoms with van der Waals surface area (Å²) in [4.78, 5) is 17.8. The van der Waals surface area contributed by atoms with Crippen molar-refractivity contribution in [1.29, 1.82) is 10.5 Å². The summed E-state index contributed by atoms with van der Waals surface area (Å²) in [6.45, 7) is 5.51. The first-order chi connectivity index (χ1) is 20.7. The number of sulfonamides is 1. The third-order valence-electron chi connectivity index (χ3n) is 7.33. The minimum absolute atomic E-state index is 0.0266. The van der Waals surface area contributed by atoms with Gasteiger partial charge in [-0.2, -0.15) is 18.9 Å². The van der Waals surface area contributed by atoms with Crippen molar-refractivity contribution in [3.05, 3.63) is 88.9 Å². The molecule has 6 aromatic rings. The number of aromatic carboxylic acids is 1. The van der Waals surface area contributed by atoms with Crippen molar-refractivity contribution in [2.75, 3.05) is 18.0 Å². The monoisotopic (exact) mass is 590 g/mol. The van der Waals surface area contributed by atoms with Gasteiger partial charge in [-0.3, -0.25) is 4.40 Å². The second-order valence-electron chi connectivity index (χ2n) is 9.61. The van der Waals surface area contributed by atoms with E-state index in [1.54, 1.807) is 36.4 Å². The molecule has 0 aliphatic rings. The van der Waals surface area contributed by atoms with E-state index in [0.717, 1.165) is 43.0 Å². The molecule has 212 valence electrons. The Morgan fingerprint density at radius 3 is 2.37 bits per heavy atom. The van der Waals surface area contributed by atoms with Crippen molar-refractivity contribution in [3.63, 3.8) is 0 Å². The van der Waals surface area contributed by atoms with E-state index in [-0.39, 0.29) is 43.7 Å². The number of carbonyl (C=O) groups is 1. The Labute approximate surface area is 244 Å². The molecule has 0 amide bonds. The number of nitriles is 2. The summed E-state index contributed by atoms with van der Waals surface area (Å²) in [5.41, 5.74) is 1.97. The number of carboxylic acid groups (broad SMARTS) is 1. The lowest BCUT2D eigenvalue weighted by Crippen LogP contribution is -2.22. The Kier molecular flexibility index (Phi) is 6.56. The molecule has 0 spiro atoms. The number of aromatic nitrogens is 2. The number of nitrogens with zero attached hydrogens (tertiary/aromatic N) is 6. The maximum atomic E-state index is 13.6. The third kappa shape index (κ3) is 4.33. The first-order valence-electron chi connectivity index (χ1n) is 13.3. The molecule has 0 atom stereocenters. The number of imidazole rings is 1. The van der Waals surface area contributed by atoms with Crippen molar-refractivity contribution >= 4 is 60.3 Å². The number of para-hydroxylation sites is 2. The van der Waals surface area contributed by atoms with Crippen LogP contribution >= 0.6 is 0 Å². The Morgan fingerprint density at radius 2 is 1.72 bits per heavy atom. The van der Waals surface area contributed by atoms with E-state index in [2.05, 4.69) is 21.4 Å². The Hall–Kier alpha value is -5.72. The maximum absolute atomic E-state index is 13.6. The highest BCUT2D eigenvalue weighted by molar-refractivity contribution is 7.90. The van der Waals surface area contributed by atoms with Gasteiger partial charge in [-0.25, -0.2) is 9.78 Å². The Balaban J connectivity index is 1.80. The molecule has 0 fully saturated rings. The van der Waals surface area contributed by atoms with E-state index in [0.29, 0.717) is 22.0 Å². The van der Waals surface area contributed by atoms with E-state index in [1.807, 2.05) is 19.9 Å². The molecular formula is C31H22N6O5S. The molecule has 3 aromatic carbocycles. The quantitative estimate of drug-likeness (QED) is 0.264. The highest BCUT2D eigenvalue weighted by Crippen LogP contribution is 2.35. The summed E-state index contributed by atoms with van der Waals surface area (Å²) in [5.74, 6) is -1.21. The highest BCUT2D eigenvalue weighted by Gasteiger charge is 2.24. The van der Waals surface area contributed by atoms with Gasteiger partial charge in [0.25, 0.3) is 10.0 Å². The largest absolute Gasteiger partial charge is 0.478 e. The first kappa shape index (κ1) is 27.4. The lowest BCUT2D eigenvalue weighted by atomic mass is 10.0. The molecule has 1 N–H and O–H groups in total. The fraction of sp³-hybridized carbons (Fsp3) is 0.129. The number of hydrogen-bond acceptors (Lipinski definition) is 8. The van der Waals surface area contributed by atoms with Crippen LogP contribution in [0.2, 0.25) is 0 Å². The molecule has 11 nitrogen and oxygen atoms in total. The van der Waals surface area contributed by atoms with E-state index in [4.69, 9.17) is 9.40 Å². The average Bonchev–Trinajstić information content (AvgIpc) is 3.40. The van der Waals surface area contributed by atoms with Gasteiger partial charge in [0.1, 0.15) is 23.3 Å². The van der Waals surface area contributed by atoms with E-state index in [9.17, 15) is 28.8 Å². The molecule has 6 rings (SSSR count). The molecule has 0 radical (unpaired) electrons. The molecule has 0 saturated heterocycles. The van der Waals surface area contributed by atoms with Crippen LogP contribution in [-0.2, 0) is 10.0 Å². The summed E-state index contributed by atoms with van der Waals surface area (Å²) in [6.07, 6.45) is 0. The minimum atomic E-state index is -4.46. The van der Waals surface area contributed by atoms with Gasteiger partial charge in [0.05, 0.1) is 32.4 Å². The normalized spacial score (nSPS) is 12.1. The van der Waals surface area contributed by atoms with Gasteiger partial charge in [-0.15, -0.1) is 4.40 Å². The Bertz CT molecular complexity index is 2390. The van der Waals surface area contributed by atoms with Crippen molar-refractivity contribution in [1.82, 2.24) is 9.38 Å². The summed E-state index contributed by atoms with van der Waals surface area (Å²) in [7, 11) is -4.46. The van der Waals surface area contributed by atoms with E-state index in [1.165, 1.54) is 4.40 Å². The van der Waals surface area contributed by atoms with Crippen LogP contribution < -0.4 is 10.4 Å². The standard InChI is InChI=1S/C31H22N6O5S/c1-3-36(4-2)19-11-14-21-22(16-32)27-28(42-26(21)15-19)23(17-33)29(37-25-8-6-5-7-24(25)34-30(27)37)35-43(40,41)20-12-9-18(10-13-20)31(38)39/h5-15H,3-4H2,1-2H3,(H,38,39)/b35-29+. The fourth-order valence-corrected chi connectivity index (χ4v) is 6.23. The number of pyridine rings is 1. The van der Waals surface area contributed by atoms with Gasteiger partial charge in [-0.05, 0) is 62.4 Å². The molecule has 3 heterocycles. The molecule has 12 heteroatoms. The molecular weight excluding hydrogens is 568 g/mol. The predicted octanol–water partition coefficient (Wildman–Crippen LogP) is 4.96. The number of hydrogen-bond donors (Lipinski definition) is 1. The van der Waals surface area contributed by atoms with Gasteiger partial charge in [0.2, 0.25) is 0 Å². The summed E-state index contributed by atoms with van der Waals surface area (Å²) in [6, 6.07) is 21.3. The van der Waals surface area contributed by atoms with Gasteiger partial charge in [0.15, 0.2) is 16.7 Å². The van der Waals surface area contributed by atoms with Crippen LogP contribution in [0.4, 0.5) is 5.69 Å². The Morgan fingerprint density at radius 1 is 1.02 bits per heavy atom. The number of benzene rings is 3. The van der Waals surface area contributed by atoms with Crippen molar-refractivity contribution in [2.45, 2.75) is 18.7 Å². The van der Waals surface area contributed by atoms with Gasteiger partial charge in [0, 0.05) is 30.2 Å². The van der Waals surface area contributed by atoms with E-state index < -0.39 is 16.0 Å². The number of anilines is 1. The zero-order chi connectivity index (χ0) is 30.5. The smallest absolute Gasteiger partial charge is 0.335 e. The van der Waals surface area contributed by atoms with Crippen molar-refractivity contribution in [3.8, 4) is 12.1 Å². The lowest BCUT2D eigenvalue weighted by Gasteiger charge is -2.21. The molecule has 0 aliphatic carbocycles. The topological polar surface area (TPSA) is 165 Å². The molecule has 0 bridgehead atoms. The summed E-state index contributed by atoms with van der Waals surface area (Å²) >= 11 is 0. The zero-order valence-electron chi connectivity index (χ0n) is 22.9. The zero-order valence-corrected chi connectivity index (χ0v) is 23.8. The van der Waals surface area contributed by atoms with Crippen LogP contribution in [-0.4, -0.2) is 42.0 Å². The highest BCUT2D eigenvalue weighted by atomic mass is 32.2. The molecule has 3 aromatic heterocycles. The molecule has 43 heavy (non-hydrogen) atoms. The SMILES string of the molecule is CCN(CC)c1ccc2c(C#N)c3c(oc2c1)c(C#N)/c(=N\S(=O)(=O)c1ccc(C(=O)O)cc1)n1c2ccccc2nc31. The molecule has 0 aliphatic heterocycles. The van der Waals surface area contributed by atoms with Gasteiger partial charge >= 0.3 is 5.97 Å². The van der Waals surface area contributed by atoms with Gasteiger partial charge < -0.3 is 14.4 Å². The molecule has 0 saturated carbocycles.